The van der Waals surface area contributed by atoms with Crippen molar-refractivity contribution in [3.8, 4) is 0 Å². The van der Waals surface area contributed by atoms with Crippen LogP contribution in [-0.4, -0.2) is 42.3 Å². The van der Waals surface area contributed by atoms with Gasteiger partial charge in [-0.15, -0.1) is 0 Å². The topological polar surface area (TPSA) is 68.4 Å². The quantitative estimate of drug-likeness (QED) is 0.361. The average Bonchev–Trinajstić information content (AvgIpc) is 3.33. The van der Waals surface area contributed by atoms with Gasteiger partial charge in [-0.2, -0.15) is 0 Å². The number of carbonyl (C=O) groups is 2. The van der Waals surface area contributed by atoms with Gasteiger partial charge in [0.2, 0.25) is 11.8 Å². The first-order valence-electron chi connectivity index (χ1n) is 12.6. The van der Waals surface area contributed by atoms with Crippen LogP contribution in [0.1, 0.15) is 47.6 Å². The number of carbonyl (C=O) groups excluding carboxylic acids is 2. The highest BCUT2D eigenvalue weighted by Crippen LogP contribution is 2.34. The van der Waals surface area contributed by atoms with Gasteiger partial charge in [-0.05, 0) is 46.5 Å². The first-order chi connectivity index (χ1) is 17.9. The molecule has 37 heavy (non-hydrogen) atoms. The van der Waals surface area contributed by atoms with Crippen LogP contribution in [0.4, 0.5) is 5.69 Å². The predicted octanol–water partition coefficient (Wildman–Crippen LogP) is 5.45. The molecule has 1 aromatic heterocycles. The summed E-state index contributed by atoms with van der Waals surface area (Å²) in [5, 5.41) is 4.33. The van der Waals surface area contributed by atoms with E-state index in [2.05, 4.69) is 51.6 Å². The molecule has 1 aliphatic heterocycles. The van der Waals surface area contributed by atoms with Crippen LogP contribution in [0.3, 0.4) is 0 Å². The third-order valence-electron chi connectivity index (χ3n) is 7.16. The number of nitrogens with one attached hydrogen (secondary N) is 2. The molecule has 2 amide bonds. The molecule has 188 valence electrons. The summed E-state index contributed by atoms with van der Waals surface area (Å²) in [7, 11) is 4.05. The van der Waals surface area contributed by atoms with E-state index in [0.717, 1.165) is 38.8 Å². The van der Waals surface area contributed by atoms with Crippen molar-refractivity contribution in [2.45, 2.75) is 25.3 Å². The van der Waals surface area contributed by atoms with Gasteiger partial charge < -0.3 is 20.1 Å². The van der Waals surface area contributed by atoms with Crippen molar-refractivity contribution in [3.05, 3.63) is 107 Å². The summed E-state index contributed by atoms with van der Waals surface area (Å²) < 4.78 is 0. The molecule has 0 spiro atoms. The fraction of sp³-hybridized carbons (Fsp3) is 0.226. The van der Waals surface area contributed by atoms with Crippen LogP contribution in [-0.2, 0) is 9.59 Å². The van der Waals surface area contributed by atoms with Gasteiger partial charge in [0.15, 0.2) is 0 Å². The zero-order valence-corrected chi connectivity index (χ0v) is 21.4. The van der Waals surface area contributed by atoms with Crippen molar-refractivity contribution >= 4 is 34.5 Å². The fourth-order valence-corrected chi connectivity index (χ4v) is 5.17. The summed E-state index contributed by atoms with van der Waals surface area (Å²) in [5.74, 6) is -0.198. The van der Waals surface area contributed by atoms with Crippen LogP contribution in [0, 0.1) is 0 Å². The molecule has 2 N–H and O–H groups in total. The Balaban J connectivity index is 1.40. The van der Waals surface area contributed by atoms with Gasteiger partial charge >= 0.3 is 0 Å². The normalized spacial score (nSPS) is 15.3. The highest BCUT2D eigenvalue weighted by atomic mass is 16.2. The Labute approximate surface area is 217 Å². The first-order valence-corrected chi connectivity index (χ1v) is 12.6. The first kappa shape index (κ1) is 24.4. The van der Waals surface area contributed by atoms with E-state index in [1.807, 2.05) is 62.8 Å². The lowest BCUT2D eigenvalue weighted by Crippen LogP contribution is -2.36. The zero-order valence-electron chi connectivity index (χ0n) is 21.4. The molecule has 3 aromatic carbocycles. The number of H-pyrrole nitrogens is 1. The summed E-state index contributed by atoms with van der Waals surface area (Å²) in [6.07, 6.45) is 5.95. The number of hydrogen-bond acceptors (Lipinski definition) is 3. The summed E-state index contributed by atoms with van der Waals surface area (Å²) in [5.41, 5.74) is 6.50. The van der Waals surface area contributed by atoms with Crippen molar-refractivity contribution in [2.24, 2.45) is 0 Å². The van der Waals surface area contributed by atoms with Crippen LogP contribution in [0.15, 0.2) is 85.2 Å². The Morgan fingerprint density at radius 2 is 1.73 bits per heavy atom. The maximum absolute atomic E-state index is 13.3. The Morgan fingerprint density at radius 3 is 2.49 bits per heavy atom. The van der Waals surface area contributed by atoms with Gasteiger partial charge in [-0.25, -0.2) is 0 Å². The van der Waals surface area contributed by atoms with Gasteiger partial charge in [0, 0.05) is 62.5 Å². The Bertz CT molecular complexity index is 1450. The molecular weight excluding hydrogens is 460 g/mol. The summed E-state index contributed by atoms with van der Waals surface area (Å²) >= 11 is 0. The van der Waals surface area contributed by atoms with Gasteiger partial charge in [0.1, 0.15) is 0 Å². The van der Waals surface area contributed by atoms with E-state index in [0.29, 0.717) is 6.54 Å². The fourth-order valence-electron chi connectivity index (χ4n) is 5.17. The van der Waals surface area contributed by atoms with Crippen molar-refractivity contribution in [1.29, 1.82) is 0 Å². The van der Waals surface area contributed by atoms with Gasteiger partial charge in [0.05, 0.1) is 12.5 Å². The van der Waals surface area contributed by atoms with Crippen LogP contribution >= 0.6 is 0 Å². The number of anilines is 1. The van der Waals surface area contributed by atoms with Crippen molar-refractivity contribution in [1.82, 2.24) is 15.2 Å². The van der Waals surface area contributed by atoms with Crippen LogP contribution < -0.4 is 10.2 Å². The minimum Gasteiger partial charge on any atom is -0.378 e. The van der Waals surface area contributed by atoms with Crippen molar-refractivity contribution in [2.75, 3.05) is 25.5 Å². The molecule has 6 heteroatoms. The Morgan fingerprint density at radius 1 is 1.00 bits per heavy atom. The molecule has 0 radical (unpaired) electrons. The van der Waals surface area contributed by atoms with Crippen LogP contribution in [0.5, 0.6) is 0 Å². The average molecular weight is 493 g/mol. The van der Waals surface area contributed by atoms with Crippen LogP contribution in [0.2, 0.25) is 0 Å². The Kier molecular flexibility index (Phi) is 6.82. The van der Waals surface area contributed by atoms with Gasteiger partial charge in [-0.1, -0.05) is 54.6 Å². The molecule has 0 bridgehead atoms. The van der Waals surface area contributed by atoms with E-state index in [9.17, 15) is 9.59 Å². The molecule has 2 atom stereocenters. The second-order valence-electron chi connectivity index (χ2n) is 9.72. The molecule has 0 fully saturated rings. The number of rotatable bonds is 7. The number of hydrogen-bond donors (Lipinski definition) is 2. The molecular formula is C31H32N4O2. The molecule has 0 aliphatic carbocycles. The highest BCUT2D eigenvalue weighted by Gasteiger charge is 2.28. The minimum atomic E-state index is -0.329. The number of amides is 2. The van der Waals surface area contributed by atoms with Crippen molar-refractivity contribution in [3.63, 3.8) is 0 Å². The molecule has 1 aliphatic rings. The lowest BCUT2D eigenvalue weighted by molar-refractivity contribution is -0.129. The monoisotopic (exact) mass is 492 g/mol. The predicted molar refractivity (Wildman–Crippen MR) is 149 cm³/mol. The van der Waals surface area contributed by atoms with Crippen LogP contribution in [0.25, 0.3) is 17.0 Å². The van der Waals surface area contributed by atoms with E-state index in [1.165, 1.54) is 6.92 Å². The lowest BCUT2D eigenvalue weighted by atomic mass is 9.90. The highest BCUT2D eigenvalue weighted by molar-refractivity contribution is 5.85. The van der Waals surface area contributed by atoms with E-state index in [1.54, 1.807) is 11.1 Å². The van der Waals surface area contributed by atoms with E-state index in [-0.39, 0.29) is 30.2 Å². The molecule has 0 saturated heterocycles. The van der Waals surface area contributed by atoms with E-state index >= 15 is 0 Å². The maximum atomic E-state index is 13.3. The second-order valence-corrected chi connectivity index (χ2v) is 9.72. The third kappa shape index (κ3) is 5.00. The second kappa shape index (κ2) is 10.3. The van der Waals surface area contributed by atoms with Gasteiger partial charge in [-0.3, -0.25) is 9.59 Å². The third-order valence-corrected chi connectivity index (χ3v) is 7.16. The molecule has 2 unspecified atom stereocenters. The number of fused-ring (bicyclic) bond motifs is 2. The number of aromatic amines is 1. The molecule has 6 nitrogen and oxygen atoms in total. The number of nitrogens with zero attached hydrogens (tertiary/aromatic N) is 2. The largest absolute Gasteiger partial charge is 0.378 e. The number of para-hydroxylation sites is 1. The number of benzene rings is 3. The number of aromatic nitrogens is 1. The van der Waals surface area contributed by atoms with E-state index in [4.69, 9.17) is 0 Å². The lowest BCUT2D eigenvalue weighted by Gasteiger charge is -2.32. The standard InChI is InChI=1S/C31H32N4O2/c1-21(36)35-17-16-22-8-4-5-9-25(22)30(35)18-31(37)33-19-27(23-12-14-24(15-13-23)34(2)3)28-20-32-29-11-7-6-10-26(28)29/h4-17,20,27,30,32H,18-19H2,1-3H3,(H,33,37). The molecule has 2 heterocycles. The Hall–Kier alpha value is -4.32. The smallest absolute Gasteiger partial charge is 0.223 e. The maximum Gasteiger partial charge on any atom is 0.223 e. The van der Waals surface area contributed by atoms with E-state index < -0.39 is 0 Å². The zero-order chi connectivity index (χ0) is 25.9. The minimum absolute atomic E-state index is 0.0289. The molecule has 4 aromatic rings. The summed E-state index contributed by atoms with van der Waals surface area (Å²) in [4.78, 5) is 32.8. The molecule has 5 rings (SSSR count). The van der Waals surface area contributed by atoms with Gasteiger partial charge in [0.25, 0.3) is 0 Å². The summed E-state index contributed by atoms with van der Waals surface area (Å²) in [6, 6.07) is 24.3. The SMILES string of the molecule is CC(=O)N1C=Cc2ccccc2C1CC(=O)NCC(c1ccc(N(C)C)cc1)c1c[nH]c2ccccc12. The summed E-state index contributed by atoms with van der Waals surface area (Å²) in [6.45, 7) is 1.99. The molecule has 0 saturated carbocycles. The van der Waals surface area contributed by atoms with Crippen molar-refractivity contribution < 1.29 is 9.59 Å².